The molecule has 0 spiro atoms. The van der Waals surface area contributed by atoms with Crippen LogP contribution >= 0.6 is 27.3 Å². The number of hydrogen-bond donors (Lipinski definition) is 1. The van der Waals surface area contributed by atoms with Gasteiger partial charge in [-0.1, -0.05) is 22.0 Å². The highest BCUT2D eigenvalue weighted by molar-refractivity contribution is 9.10. The molecule has 1 aromatic heterocycles. The van der Waals surface area contributed by atoms with Gasteiger partial charge >= 0.3 is 0 Å². The molecule has 0 amide bonds. The molecule has 106 valence electrons. The molecule has 0 saturated heterocycles. The predicted octanol–water partition coefficient (Wildman–Crippen LogP) is 3.03. The summed E-state index contributed by atoms with van der Waals surface area (Å²) in [4.78, 5) is 0. The van der Waals surface area contributed by atoms with Crippen molar-refractivity contribution in [1.29, 1.82) is 0 Å². The number of halogens is 1. The Morgan fingerprint density at radius 3 is 2.80 bits per heavy atom. The van der Waals surface area contributed by atoms with Crippen molar-refractivity contribution in [2.75, 3.05) is 7.11 Å². The van der Waals surface area contributed by atoms with Gasteiger partial charge in [-0.25, -0.2) is 0 Å². The van der Waals surface area contributed by atoms with Gasteiger partial charge < -0.3 is 9.84 Å². The molecule has 0 saturated carbocycles. The zero-order valence-electron chi connectivity index (χ0n) is 10.3. The van der Waals surface area contributed by atoms with Crippen molar-refractivity contribution in [3.8, 4) is 11.5 Å². The van der Waals surface area contributed by atoms with Gasteiger partial charge in [-0.3, -0.25) is 0 Å². The third-order valence-electron chi connectivity index (χ3n) is 2.37. The maximum Gasteiger partial charge on any atom is 0.291 e. The van der Waals surface area contributed by atoms with Crippen molar-refractivity contribution >= 4 is 43.5 Å². The molecule has 0 aliphatic heterocycles. The summed E-state index contributed by atoms with van der Waals surface area (Å²) in [5.74, 6) is 0.0650. The first-order valence-corrected chi connectivity index (χ1v) is 8.45. The minimum absolute atomic E-state index is 0.148. The molecule has 5 nitrogen and oxygen atoms in total. The monoisotopic (exact) mass is 375 g/mol. The lowest BCUT2D eigenvalue weighted by molar-refractivity contribution is 0.373. The number of benzene rings is 1. The van der Waals surface area contributed by atoms with E-state index in [1.54, 1.807) is 23.6 Å². The highest BCUT2D eigenvalue weighted by atomic mass is 79.9. The Bertz CT molecular complexity index is 739. The minimum atomic E-state index is -3.74. The van der Waals surface area contributed by atoms with Gasteiger partial charge in [0.2, 0.25) is 0 Å². The van der Waals surface area contributed by atoms with E-state index < -0.39 is 10.0 Å². The third kappa shape index (κ3) is 3.20. The first-order chi connectivity index (χ1) is 9.44. The molecule has 0 aliphatic rings. The smallest absolute Gasteiger partial charge is 0.291 e. The summed E-state index contributed by atoms with van der Waals surface area (Å²) in [5, 5.41) is 11.6. The van der Waals surface area contributed by atoms with Crippen molar-refractivity contribution in [2.45, 2.75) is 4.21 Å². The summed E-state index contributed by atoms with van der Waals surface area (Å²) in [6.45, 7) is 0. The lowest BCUT2D eigenvalue weighted by atomic mass is 10.2. The number of nitrogens with zero attached hydrogens (tertiary/aromatic N) is 1. The highest BCUT2D eigenvalue weighted by Crippen LogP contribution is 2.32. The van der Waals surface area contributed by atoms with Crippen LogP contribution in [-0.2, 0) is 10.0 Å². The van der Waals surface area contributed by atoms with Crippen LogP contribution in [0.15, 0.2) is 42.7 Å². The van der Waals surface area contributed by atoms with E-state index in [-0.39, 0.29) is 21.3 Å². The van der Waals surface area contributed by atoms with E-state index in [1.807, 2.05) is 0 Å². The molecule has 2 aromatic rings. The van der Waals surface area contributed by atoms with Gasteiger partial charge in [0.05, 0.1) is 13.3 Å². The Labute approximate surface area is 128 Å². The quantitative estimate of drug-likeness (QED) is 0.833. The van der Waals surface area contributed by atoms with E-state index in [2.05, 4.69) is 20.3 Å². The normalized spacial score (nSPS) is 11.9. The number of rotatable bonds is 4. The summed E-state index contributed by atoms with van der Waals surface area (Å²) in [5.41, 5.74) is 0.247. The fraction of sp³-hybridized carbons (Fsp3) is 0.0833. The van der Waals surface area contributed by atoms with Gasteiger partial charge in [0, 0.05) is 10.0 Å². The molecule has 0 radical (unpaired) electrons. The number of phenolic OH excluding ortho intramolecular Hbond substituents is 1. The van der Waals surface area contributed by atoms with Crippen LogP contribution in [0.3, 0.4) is 0 Å². The standard InChI is InChI=1S/C12H10BrNO4S2/c1-18-10-6-9(13)5-8(12(10)15)7-14-20(16,17)11-3-2-4-19-11/h2-7,15H,1H3/b14-7-. The molecule has 20 heavy (non-hydrogen) atoms. The zero-order chi connectivity index (χ0) is 14.8. The molecule has 1 N–H and O–H groups in total. The fourth-order valence-electron chi connectivity index (χ4n) is 1.44. The summed E-state index contributed by atoms with van der Waals surface area (Å²) < 4.78 is 33.1. The fourth-order valence-corrected chi connectivity index (χ4v) is 3.73. The van der Waals surface area contributed by atoms with E-state index in [9.17, 15) is 13.5 Å². The summed E-state index contributed by atoms with van der Waals surface area (Å²) in [7, 11) is -2.34. The van der Waals surface area contributed by atoms with Gasteiger partial charge in [0.1, 0.15) is 4.21 Å². The SMILES string of the molecule is COc1cc(Br)cc(/C=N\S(=O)(=O)c2cccs2)c1O. The topological polar surface area (TPSA) is 76.0 Å². The van der Waals surface area contributed by atoms with Crippen LogP contribution in [0.5, 0.6) is 11.5 Å². The number of thiophene rings is 1. The number of hydrogen-bond acceptors (Lipinski definition) is 5. The molecule has 0 aliphatic carbocycles. The number of ether oxygens (including phenoxy) is 1. The lowest BCUT2D eigenvalue weighted by Gasteiger charge is -2.06. The molecule has 2 rings (SSSR count). The summed E-state index contributed by atoms with van der Waals surface area (Å²) in [6.07, 6.45) is 1.09. The van der Waals surface area contributed by atoms with Crippen LogP contribution in [0.25, 0.3) is 0 Å². The van der Waals surface area contributed by atoms with Crippen LogP contribution in [0, 0.1) is 0 Å². The van der Waals surface area contributed by atoms with Crippen LogP contribution in [0.4, 0.5) is 0 Å². The maximum absolute atomic E-state index is 11.9. The molecule has 0 atom stereocenters. The Morgan fingerprint density at radius 1 is 1.45 bits per heavy atom. The van der Waals surface area contributed by atoms with E-state index in [4.69, 9.17) is 4.74 Å². The van der Waals surface area contributed by atoms with Crippen LogP contribution in [0.1, 0.15) is 5.56 Å². The van der Waals surface area contributed by atoms with Gasteiger partial charge in [-0.2, -0.15) is 12.8 Å². The molecule has 0 bridgehead atoms. The van der Waals surface area contributed by atoms with Crippen molar-refractivity contribution in [2.24, 2.45) is 4.40 Å². The Morgan fingerprint density at radius 2 is 2.20 bits per heavy atom. The van der Waals surface area contributed by atoms with Crippen molar-refractivity contribution in [3.05, 3.63) is 39.7 Å². The Hall–Kier alpha value is -1.38. The average Bonchev–Trinajstić information content (AvgIpc) is 2.94. The average molecular weight is 376 g/mol. The number of aromatic hydroxyl groups is 1. The zero-order valence-corrected chi connectivity index (χ0v) is 13.5. The summed E-state index contributed by atoms with van der Waals surface area (Å²) in [6, 6.07) is 6.22. The molecule has 1 aromatic carbocycles. The molecule has 8 heteroatoms. The number of sulfonamides is 1. The van der Waals surface area contributed by atoms with E-state index in [0.717, 1.165) is 17.6 Å². The van der Waals surface area contributed by atoms with Gasteiger partial charge in [0.15, 0.2) is 11.5 Å². The molecule has 0 unspecified atom stereocenters. The number of phenols is 1. The highest BCUT2D eigenvalue weighted by Gasteiger charge is 2.14. The van der Waals surface area contributed by atoms with Crippen molar-refractivity contribution < 1.29 is 18.3 Å². The second-order valence-corrected chi connectivity index (χ2v) is 7.41. The van der Waals surface area contributed by atoms with Gasteiger partial charge in [-0.15, -0.1) is 11.3 Å². The lowest BCUT2D eigenvalue weighted by Crippen LogP contribution is -1.96. The van der Waals surface area contributed by atoms with E-state index in [0.29, 0.717) is 4.47 Å². The van der Waals surface area contributed by atoms with Crippen LogP contribution in [-0.4, -0.2) is 26.8 Å². The Balaban J connectivity index is 2.40. The second kappa shape index (κ2) is 5.94. The summed E-state index contributed by atoms with van der Waals surface area (Å²) >= 11 is 4.33. The maximum atomic E-state index is 11.9. The van der Waals surface area contributed by atoms with E-state index in [1.165, 1.54) is 13.2 Å². The third-order valence-corrected chi connectivity index (χ3v) is 5.44. The van der Waals surface area contributed by atoms with Crippen molar-refractivity contribution in [3.63, 3.8) is 0 Å². The molecular formula is C12H10BrNO4S2. The first kappa shape index (κ1) is 15.0. The van der Waals surface area contributed by atoms with Gasteiger partial charge in [0.25, 0.3) is 10.0 Å². The Kier molecular flexibility index (Phi) is 4.46. The second-order valence-electron chi connectivity index (χ2n) is 3.69. The van der Waals surface area contributed by atoms with Crippen molar-refractivity contribution in [1.82, 2.24) is 0 Å². The molecule has 1 heterocycles. The van der Waals surface area contributed by atoms with Crippen LogP contribution < -0.4 is 4.74 Å². The first-order valence-electron chi connectivity index (χ1n) is 5.34. The largest absolute Gasteiger partial charge is 0.504 e. The number of methoxy groups -OCH3 is 1. The minimum Gasteiger partial charge on any atom is -0.504 e. The van der Waals surface area contributed by atoms with Gasteiger partial charge in [-0.05, 0) is 23.6 Å². The van der Waals surface area contributed by atoms with E-state index >= 15 is 0 Å². The molecular weight excluding hydrogens is 366 g/mol. The van der Waals surface area contributed by atoms with Crippen LogP contribution in [0.2, 0.25) is 0 Å². The molecule has 0 fully saturated rings. The predicted molar refractivity (Wildman–Crippen MR) is 81.5 cm³/mol.